The number of hydrogen-bond acceptors (Lipinski definition) is 2. The van der Waals surface area contributed by atoms with E-state index in [0.29, 0.717) is 5.92 Å². The maximum Gasteiger partial charge on any atom is 0.0941 e. The summed E-state index contributed by atoms with van der Waals surface area (Å²) in [6, 6.07) is 2.35. The van der Waals surface area contributed by atoms with Gasteiger partial charge in [-0.2, -0.15) is 5.26 Å². The zero-order valence-electron chi connectivity index (χ0n) is 7.63. The monoisotopic (exact) mass is 171 g/mol. The summed E-state index contributed by atoms with van der Waals surface area (Å²) in [7, 11) is 0. The second kappa shape index (κ2) is 6.54. The fourth-order valence-electron chi connectivity index (χ4n) is 1.12. The highest BCUT2D eigenvalue weighted by Crippen LogP contribution is 2.22. The lowest BCUT2D eigenvalue weighted by atomic mass is 10.0. The van der Waals surface area contributed by atoms with Crippen LogP contribution in [0.2, 0.25) is 0 Å². The number of thioether (sulfide) groups is 1. The SMILES string of the molecule is CCCC(C)C(C#N)SCC. The molecule has 0 spiro atoms. The minimum absolute atomic E-state index is 0.208. The molecule has 11 heavy (non-hydrogen) atoms. The largest absolute Gasteiger partial charge is 0.197 e. The van der Waals surface area contributed by atoms with Crippen molar-refractivity contribution in [2.75, 3.05) is 5.75 Å². The first-order chi connectivity index (χ1) is 5.26. The fraction of sp³-hybridized carbons (Fsp3) is 0.889. The minimum Gasteiger partial charge on any atom is -0.197 e. The van der Waals surface area contributed by atoms with Crippen LogP contribution in [-0.4, -0.2) is 11.0 Å². The van der Waals surface area contributed by atoms with Crippen molar-refractivity contribution < 1.29 is 0 Å². The van der Waals surface area contributed by atoms with Gasteiger partial charge in [-0.25, -0.2) is 0 Å². The van der Waals surface area contributed by atoms with Gasteiger partial charge >= 0.3 is 0 Å². The highest BCUT2D eigenvalue weighted by Gasteiger charge is 2.14. The minimum atomic E-state index is 0.208. The Morgan fingerprint density at radius 1 is 1.45 bits per heavy atom. The third kappa shape index (κ3) is 4.31. The predicted molar refractivity (Wildman–Crippen MR) is 51.6 cm³/mol. The van der Waals surface area contributed by atoms with Gasteiger partial charge in [0.1, 0.15) is 0 Å². The molecule has 0 aromatic heterocycles. The molecule has 0 saturated heterocycles. The maximum atomic E-state index is 8.78. The van der Waals surface area contributed by atoms with E-state index in [2.05, 4.69) is 26.8 Å². The molecule has 0 radical (unpaired) electrons. The average Bonchev–Trinajstić information content (AvgIpc) is 2.00. The molecule has 0 amide bonds. The standard InChI is InChI=1S/C9H17NS/c1-4-6-8(3)9(7-10)11-5-2/h8-9H,4-6H2,1-3H3. The second-order valence-corrected chi connectivity index (χ2v) is 4.19. The van der Waals surface area contributed by atoms with Crippen LogP contribution in [0.1, 0.15) is 33.6 Å². The van der Waals surface area contributed by atoms with Crippen LogP contribution >= 0.6 is 11.8 Å². The molecule has 0 fully saturated rings. The highest BCUT2D eigenvalue weighted by atomic mass is 32.2. The van der Waals surface area contributed by atoms with Gasteiger partial charge < -0.3 is 0 Å². The van der Waals surface area contributed by atoms with E-state index in [1.807, 2.05) is 0 Å². The summed E-state index contributed by atoms with van der Waals surface area (Å²) in [6.07, 6.45) is 2.36. The Labute approximate surface area is 74.2 Å². The van der Waals surface area contributed by atoms with Crippen LogP contribution in [0.5, 0.6) is 0 Å². The molecule has 0 rings (SSSR count). The smallest absolute Gasteiger partial charge is 0.0941 e. The molecule has 2 atom stereocenters. The van der Waals surface area contributed by atoms with Gasteiger partial charge in [0.25, 0.3) is 0 Å². The summed E-state index contributed by atoms with van der Waals surface area (Å²) < 4.78 is 0. The maximum absolute atomic E-state index is 8.78. The Morgan fingerprint density at radius 3 is 2.45 bits per heavy atom. The molecule has 0 aliphatic heterocycles. The van der Waals surface area contributed by atoms with E-state index in [-0.39, 0.29) is 5.25 Å². The molecule has 2 heteroatoms. The Hall–Kier alpha value is -0.160. The lowest BCUT2D eigenvalue weighted by molar-refractivity contribution is 0.547. The number of rotatable bonds is 5. The molecule has 0 heterocycles. The van der Waals surface area contributed by atoms with E-state index in [9.17, 15) is 0 Å². The van der Waals surface area contributed by atoms with Crippen LogP contribution in [0.4, 0.5) is 0 Å². The number of nitrogens with zero attached hydrogens (tertiary/aromatic N) is 1. The van der Waals surface area contributed by atoms with E-state index < -0.39 is 0 Å². The van der Waals surface area contributed by atoms with E-state index in [1.165, 1.54) is 12.8 Å². The van der Waals surface area contributed by atoms with Crippen LogP contribution in [0.3, 0.4) is 0 Å². The van der Waals surface area contributed by atoms with Crippen LogP contribution < -0.4 is 0 Å². The molecular weight excluding hydrogens is 154 g/mol. The molecule has 0 N–H and O–H groups in total. The van der Waals surface area contributed by atoms with Crippen molar-refractivity contribution in [3.63, 3.8) is 0 Å². The third-order valence-electron chi connectivity index (χ3n) is 1.73. The van der Waals surface area contributed by atoms with Crippen LogP contribution in [-0.2, 0) is 0 Å². The topological polar surface area (TPSA) is 23.8 Å². The summed E-state index contributed by atoms with van der Waals surface area (Å²) in [4.78, 5) is 0. The van der Waals surface area contributed by atoms with Crippen molar-refractivity contribution in [3.05, 3.63) is 0 Å². The molecule has 0 bridgehead atoms. The Morgan fingerprint density at radius 2 is 2.09 bits per heavy atom. The van der Waals surface area contributed by atoms with Gasteiger partial charge in [0.05, 0.1) is 11.3 Å². The van der Waals surface area contributed by atoms with E-state index >= 15 is 0 Å². The molecule has 0 saturated carbocycles. The van der Waals surface area contributed by atoms with Crippen molar-refractivity contribution in [1.29, 1.82) is 5.26 Å². The van der Waals surface area contributed by atoms with Gasteiger partial charge in [0.2, 0.25) is 0 Å². The third-order valence-corrected chi connectivity index (χ3v) is 3.00. The first-order valence-electron chi connectivity index (χ1n) is 4.27. The summed E-state index contributed by atoms with van der Waals surface area (Å²) in [5, 5.41) is 8.99. The van der Waals surface area contributed by atoms with E-state index in [0.717, 1.165) is 5.75 Å². The highest BCUT2D eigenvalue weighted by molar-refractivity contribution is 8.00. The van der Waals surface area contributed by atoms with Crippen molar-refractivity contribution in [2.24, 2.45) is 5.92 Å². The van der Waals surface area contributed by atoms with Gasteiger partial charge in [-0.15, -0.1) is 11.8 Å². The van der Waals surface area contributed by atoms with E-state index in [4.69, 9.17) is 5.26 Å². The lowest BCUT2D eigenvalue weighted by Gasteiger charge is -2.14. The van der Waals surface area contributed by atoms with Gasteiger partial charge in [-0.05, 0) is 18.1 Å². The predicted octanol–water partition coefficient (Wildman–Crippen LogP) is 3.07. The van der Waals surface area contributed by atoms with Crippen molar-refractivity contribution in [3.8, 4) is 6.07 Å². The zero-order valence-corrected chi connectivity index (χ0v) is 8.45. The molecular formula is C9H17NS. The summed E-state index contributed by atoms with van der Waals surface area (Å²) in [5.41, 5.74) is 0. The van der Waals surface area contributed by atoms with Crippen molar-refractivity contribution >= 4 is 11.8 Å². The van der Waals surface area contributed by atoms with E-state index in [1.54, 1.807) is 11.8 Å². The molecule has 0 aromatic rings. The van der Waals surface area contributed by atoms with Gasteiger partial charge in [0.15, 0.2) is 0 Å². The number of nitriles is 1. The molecule has 64 valence electrons. The summed E-state index contributed by atoms with van der Waals surface area (Å²) >= 11 is 1.76. The molecule has 1 nitrogen and oxygen atoms in total. The first kappa shape index (κ1) is 10.8. The van der Waals surface area contributed by atoms with Gasteiger partial charge in [-0.3, -0.25) is 0 Å². The van der Waals surface area contributed by atoms with Gasteiger partial charge in [0, 0.05) is 0 Å². The fourth-order valence-corrected chi connectivity index (χ4v) is 2.01. The quantitative estimate of drug-likeness (QED) is 0.634. The average molecular weight is 171 g/mol. The lowest BCUT2D eigenvalue weighted by Crippen LogP contribution is -2.11. The normalized spacial score (nSPS) is 15.5. The first-order valence-corrected chi connectivity index (χ1v) is 5.32. The molecule has 0 aromatic carbocycles. The van der Waals surface area contributed by atoms with Crippen molar-refractivity contribution in [2.45, 2.75) is 38.9 Å². The summed E-state index contributed by atoms with van der Waals surface area (Å²) in [6.45, 7) is 6.44. The molecule has 0 aliphatic rings. The zero-order chi connectivity index (χ0) is 8.69. The molecule has 2 unspecified atom stereocenters. The second-order valence-electron chi connectivity index (χ2n) is 2.77. The van der Waals surface area contributed by atoms with Crippen molar-refractivity contribution in [1.82, 2.24) is 0 Å². The summed E-state index contributed by atoms with van der Waals surface area (Å²) in [5.74, 6) is 1.60. The Balaban J connectivity index is 3.73. The van der Waals surface area contributed by atoms with Gasteiger partial charge in [-0.1, -0.05) is 27.2 Å². The van der Waals surface area contributed by atoms with Crippen LogP contribution in [0.15, 0.2) is 0 Å². The van der Waals surface area contributed by atoms with Crippen LogP contribution in [0, 0.1) is 17.2 Å². The Kier molecular flexibility index (Phi) is 6.45. The number of hydrogen-bond donors (Lipinski definition) is 0. The van der Waals surface area contributed by atoms with Crippen LogP contribution in [0.25, 0.3) is 0 Å². The molecule has 0 aliphatic carbocycles. The Bertz CT molecular complexity index is 128.